The number of fused-ring (bicyclic) bond motifs is 5. The summed E-state index contributed by atoms with van der Waals surface area (Å²) < 4.78 is 0. The monoisotopic (exact) mass is 309 g/mol. The maximum absolute atomic E-state index is 4.64. The largest absolute Gasteiger partial charge is 0.257 e. The van der Waals surface area contributed by atoms with E-state index in [1.165, 1.54) is 51.1 Å². The predicted molar refractivity (Wildman–Crippen MR) is 99.0 cm³/mol. The molecule has 0 unspecified atom stereocenters. The molecule has 2 aliphatic carbocycles. The van der Waals surface area contributed by atoms with Crippen molar-refractivity contribution in [3.05, 3.63) is 88.1 Å². The molecule has 0 fully saturated rings. The molecule has 116 valence electrons. The Bertz CT molecular complexity index is 1050. The van der Waals surface area contributed by atoms with Crippen LogP contribution >= 0.6 is 0 Å². The Labute approximate surface area is 142 Å². The van der Waals surface area contributed by atoms with Gasteiger partial charge in [0.25, 0.3) is 0 Å². The summed E-state index contributed by atoms with van der Waals surface area (Å²) >= 11 is 0. The lowest BCUT2D eigenvalue weighted by molar-refractivity contribution is 0.814. The summed E-state index contributed by atoms with van der Waals surface area (Å²) in [6.07, 6.45) is 8.86. The first-order valence-electron chi connectivity index (χ1n) is 8.77. The van der Waals surface area contributed by atoms with Crippen LogP contribution < -0.4 is 10.4 Å². The highest BCUT2D eigenvalue weighted by atomic mass is 14.7. The number of hydrogen-bond donors (Lipinski definition) is 0. The smallest absolute Gasteiger partial charge is 0.0667 e. The Kier molecular flexibility index (Phi) is 3.12. The molecular weight excluding hydrogens is 290 g/mol. The third-order valence-electron chi connectivity index (χ3n) is 5.31. The SMILES string of the molecule is C1=c2c(ccc3c2=C(c2ccccn2)CCC3)-c2ccccc2C1. The number of hydrogen-bond acceptors (Lipinski definition) is 1. The van der Waals surface area contributed by atoms with Crippen molar-refractivity contribution in [2.45, 2.75) is 25.7 Å². The van der Waals surface area contributed by atoms with Crippen LogP contribution in [0.1, 0.15) is 29.7 Å². The van der Waals surface area contributed by atoms with Crippen LogP contribution in [0.15, 0.2) is 60.8 Å². The molecule has 2 aromatic carbocycles. The molecule has 0 atom stereocenters. The van der Waals surface area contributed by atoms with Crippen LogP contribution in [0.5, 0.6) is 0 Å². The molecule has 3 aromatic rings. The van der Waals surface area contributed by atoms with Gasteiger partial charge in [0, 0.05) is 6.20 Å². The van der Waals surface area contributed by atoms with Gasteiger partial charge in [-0.1, -0.05) is 48.5 Å². The molecule has 0 radical (unpaired) electrons. The number of aryl methyl sites for hydroxylation is 1. The van der Waals surface area contributed by atoms with Crippen molar-refractivity contribution in [3.63, 3.8) is 0 Å². The van der Waals surface area contributed by atoms with E-state index in [1.807, 2.05) is 12.3 Å². The highest BCUT2D eigenvalue weighted by molar-refractivity contribution is 5.76. The summed E-state index contributed by atoms with van der Waals surface area (Å²) in [6, 6.07) is 19.7. The first kappa shape index (κ1) is 13.7. The number of benzene rings is 2. The Morgan fingerprint density at radius 3 is 2.58 bits per heavy atom. The highest BCUT2D eigenvalue weighted by Gasteiger charge is 2.18. The average molecular weight is 309 g/mol. The summed E-state index contributed by atoms with van der Waals surface area (Å²) in [5, 5.41) is 2.87. The molecular formula is C23H19N. The van der Waals surface area contributed by atoms with Crippen LogP contribution in [-0.2, 0) is 12.8 Å². The lowest BCUT2D eigenvalue weighted by atomic mass is 9.84. The van der Waals surface area contributed by atoms with Gasteiger partial charge in [-0.05, 0) is 76.1 Å². The molecule has 0 bridgehead atoms. The van der Waals surface area contributed by atoms with Crippen LogP contribution in [0.3, 0.4) is 0 Å². The minimum atomic E-state index is 1.02. The van der Waals surface area contributed by atoms with Gasteiger partial charge in [0.15, 0.2) is 0 Å². The Morgan fingerprint density at radius 1 is 0.750 bits per heavy atom. The van der Waals surface area contributed by atoms with Gasteiger partial charge in [-0.3, -0.25) is 4.98 Å². The van der Waals surface area contributed by atoms with Crippen LogP contribution in [0.25, 0.3) is 22.8 Å². The first-order chi connectivity index (χ1) is 11.9. The normalized spacial score (nSPS) is 15.1. The van der Waals surface area contributed by atoms with Crippen LogP contribution in [0.2, 0.25) is 0 Å². The molecule has 1 heteroatoms. The Morgan fingerprint density at radius 2 is 1.67 bits per heavy atom. The lowest BCUT2D eigenvalue weighted by Crippen LogP contribution is -2.36. The van der Waals surface area contributed by atoms with Gasteiger partial charge in [-0.15, -0.1) is 0 Å². The van der Waals surface area contributed by atoms with Gasteiger partial charge in [0.2, 0.25) is 0 Å². The molecule has 24 heavy (non-hydrogen) atoms. The number of rotatable bonds is 1. The molecule has 0 amide bonds. The maximum Gasteiger partial charge on any atom is 0.0667 e. The van der Waals surface area contributed by atoms with E-state index in [4.69, 9.17) is 0 Å². The zero-order valence-electron chi connectivity index (χ0n) is 13.6. The molecule has 0 spiro atoms. The molecule has 0 aliphatic heterocycles. The van der Waals surface area contributed by atoms with Gasteiger partial charge in [-0.2, -0.15) is 0 Å². The van der Waals surface area contributed by atoms with Crippen molar-refractivity contribution in [1.29, 1.82) is 0 Å². The summed E-state index contributed by atoms with van der Waals surface area (Å²) in [5.74, 6) is 0. The zero-order valence-corrected chi connectivity index (χ0v) is 13.6. The zero-order chi connectivity index (χ0) is 15.9. The number of nitrogens with zero attached hydrogens (tertiary/aromatic N) is 1. The summed E-state index contributed by atoms with van der Waals surface area (Å²) in [6.45, 7) is 0. The first-order valence-corrected chi connectivity index (χ1v) is 8.77. The molecule has 0 saturated heterocycles. The second-order valence-corrected chi connectivity index (χ2v) is 6.67. The third kappa shape index (κ3) is 2.05. The van der Waals surface area contributed by atoms with Gasteiger partial charge in [0.1, 0.15) is 0 Å². The Balaban J connectivity index is 1.89. The summed E-state index contributed by atoms with van der Waals surface area (Å²) in [4.78, 5) is 4.64. The minimum Gasteiger partial charge on any atom is -0.257 e. The highest BCUT2D eigenvalue weighted by Crippen LogP contribution is 2.26. The van der Waals surface area contributed by atoms with Gasteiger partial charge < -0.3 is 0 Å². The van der Waals surface area contributed by atoms with Crippen LogP contribution in [0.4, 0.5) is 0 Å². The van der Waals surface area contributed by atoms with E-state index < -0.39 is 0 Å². The summed E-state index contributed by atoms with van der Waals surface area (Å²) in [7, 11) is 0. The topological polar surface area (TPSA) is 12.9 Å². The second-order valence-electron chi connectivity index (χ2n) is 6.67. The van der Waals surface area contributed by atoms with Gasteiger partial charge in [0.05, 0.1) is 5.69 Å². The van der Waals surface area contributed by atoms with Crippen LogP contribution in [0, 0.1) is 0 Å². The molecule has 1 nitrogen and oxygen atoms in total. The van der Waals surface area contributed by atoms with Crippen LogP contribution in [-0.4, -0.2) is 4.98 Å². The van der Waals surface area contributed by atoms with Crippen molar-refractivity contribution in [2.24, 2.45) is 0 Å². The van der Waals surface area contributed by atoms with Crippen molar-refractivity contribution in [3.8, 4) is 11.1 Å². The summed E-state index contributed by atoms with van der Waals surface area (Å²) in [5.41, 5.74) is 8.24. The number of aromatic nitrogens is 1. The molecule has 1 aromatic heterocycles. The quantitative estimate of drug-likeness (QED) is 0.669. The second kappa shape index (κ2) is 5.45. The molecule has 5 rings (SSSR count). The van der Waals surface area contributed by atoms with E-state index in [9.17, 15) is 0 Å². The standard InChI is InChI=1S/C23H19N/c1-2-8-18-16(6-1)11-14-20-19(18)13-12-17-7-5-9-21(23(17)20)22-10-3-4-15-24-22/h1-4,6,8,10,12-15H,5,7,9,11H2. The van der Waals surface area contributed by atoms with E-state index >= 15 is 0 Å². The minimum absolute atomic E-state index is 1.02. The van der Waals surface area contributed by atoms with E-state index in [2.05, 4.69) is 59.6 Å². The van der Waals surface area contributed by atoms with Crippen molar-refractivity contribution < 1.29 is 0 Å². The van der Waals surface area contributed by atoms with Crippen molar-refractivity contribution in [2.75, 3.05) is 0 Å². The molecule has 2 aliphatic rings. The molecule has 1 heterocycles. The van der Waals surface area contributed by atoms with E-state index in [-0.39, 0.29) is 0 Å². The Hall–Kier alpha value is -2.67. The number of pyridine rings is 1. The van der Waals surface area contributed by atoms with Crippen molar-refractivity contribution in [1.82, 2.24) is 4.98 Å². The van der Waals surface area contributed by atoms with E-state index in [0.717, 1.165) is 18.5 Å². The molecule has 0 N–H and O–H groups in total. The fraction of sp³-hybridized carbons (Fsp3) is 0.174. The van der Waals surface area contributed by atoms with E-state index in [1.54, 1.807) is 0 Å². The van der Waals surface area contributed by atoms with Gasteiger partial charge in [-0.25, -0.2) is 0 Å². The van der Waals surface area contributed by atoms with Gasteiger partial charge >= 0.3 is 0 Å². The third-order valence-corrected chi connectivity index (χ3v) is 5.31. The molecule has 0 saturated carbocycles. The van der Waals surface area contributed by atoms with E-state index in [0.29, 0.717) is 0 Å². The average Bonchev–Trinajstić information content (AvgIpc) is 2.67. The predicted octanol–water partition coefficient (Wildman–Crippen LogP) is 3.62. The fourth-order valence-electron chi connectivity index (χ4n) is 4.23. The fourth-order valence-corrected chi connectivity index (χ4v) is 4.23. The maximum atomic E-state index is 4.64. The van der Waals surface area contributed by atoms with Crippen molar-refractivity contribution >= 4 is 11.6 Å². The lowest BCUT2D eigenvalue weighted by Gasteiger charge is -2.21.